The smallest absolute Gasteiger partial charge is 0.251 e. The number of hydrogen-bond donors (Lipinski definition) is 2. The van der Waals surface area contributed by atoms with Crippen LogP contribution in [0.5, 0.6) is 0 Å². The summed E-state index contributed by atoms with van der Waals surface area (Å²) < 4.78 is 1.96. The zero-order valence-electron chi connectivity index (χ0n) is 19.8. The number of hydrogen-bond acceptors (Lipinski definition) is 3. The Morgan fingerprint density at radius 1 is 0.909 bits per heavy atom. The predicted molar refractivity (Wildman–Crippen MR) is 149 cm³/mol. The number of carbonyl (C=O) groups is 1. The Morgan fingerprint density at radius 2 is 1.52 bits per heavy atom. The van der Waals surface area contributed by atoms with E-state index in [0.29, 0.717) is 18.7 Å². The summed E-state index contributed by atoms with van der Waals surface area (Å²) in [7, 11) is 0. The summed E-state index contributed by atoms with van der Waals surface area (Å²) in [6.07, 6.45) is 12.9. The van der Waals surface area contributed by atoms with Gasteiger partial charge < -0.3 is 10.5 Å². The van der Waals surface area contributed by atoms with E-state index >= 15 is 0 Å². The largest absolute Gasteiger partial charge is 0.352 e. The Hall–Kier alpha value is -0.960. The van der Waals surface area contributed by atoms with Crippen molar-refractivity contribution in [2.45, 2.75) is 84.2 Å². The van der Waals surface area contributed by atoms with Gasteiger partial charge in [-0.3, -0.25) is 4.79 Å². The molecule has 0 radical (unpaired) electrons. The van der Waals surface area contributed by atoms with Gasteiger partial charge in [-0.25, -0.2) is 0 Å². The first kappa shape index (κ1) is 28.3. The molecule has 182 valence electrons. The quantitative estimate of drug-likeness (QED) is 0.112. The van der Waals surface area contributed by atoms with Crippen LogP contribution in [0.4, 0.5) is 0 Å². The number of halogens is 2. The fraction of sp³-hybridized carbons (Fsp3) is 0.519. The number of nitrogens with zero attached hydrogens (tertiary/aromatic N) is 1. The van der Waals surface area contributed by atoms with Crippen molar-refractivity contribution in [2.24, 2.45) is 0 Å². The highest BCUT2D eigenvalue weighted by atomic mass is 127. The lowest BCUT2D eigenvalue weighted by molar-refractivity contribution is -0.108. The Balaban J connectivity index is 1.66. The minimum Gasteiger partial charge on any atom is -0.352 e. The summed E-state index contributed by atoms with van der Waals surface area (Å²) in [6, 6.07) is 13.6. The predicted octanol–water partition coefficient (Wildman–Crippen LogP) is 8.10. The second-order valence-corrected chi connectivity index (χ2v) is 10.7. The summed E-state index contributed by atoms with van der Waals surface area (Å²) in [5.74, 6) is -0.0436. The first-order valence-electron chi connectivity index (χ1n) is 12.2. The average molecular weight is 629 g/mol. The Bertz CT molecular complexity index is 847. The number of rotatable bonds is 16. The normalized spacial score (nSPS) is 11.2. The van der Waals surface area contributed by atoms with Crippen LogP contribution in [0.25, 0.3) is 0 Å². The van der Waals surface area contributed by atoms with Gasteiger partial charge in [-0.15, -0.1) is 0 Å². The molecule has 33 heavy (non-hydrogen) atoms. The molecule has 2 aromatic rings. The minimum atomic E-state index is -0.0436. The van der Waals surface area contributed by atoms with Gasteiger partial charge in [0.2, 0.25) is 0 Å². The standard InChI is InChI=1S/C27H38BrIN2O2/c1-2-3-4-5-6-7-8-9-10-13-18-30-27(32)22-16-17-23(25(28)19-22)20-31(33)21-24-14-11-12-15-26(24)29/h11-12,14-17,19,33H,2-10,13,18,20-21H2,1H3,(H,30,32). The van der Waals surface area contributed by atoms with Crippen molar-refractivity contribution in [2.75, 3.05) is 6.54 Å². The molecule has 0 aliphatic heterocycles. The third-order valence-electron chi connectivity index (χ3n) is 5.79. The second kappa shape index (κ2) is 16.6. The van der Waals surface area contributed by atoms with Crippen molar-refractivity contribution in [3.8, 4) is 0 Å². The van der Waals surface area contributed by atoms with Crippen LogP contribution in [0.1, 0.15) is 92.6 Å². The first-order valence-corrected chi connectivity index (χ1v) is 14.1. The molecule has 0 heterocycles. The van der Waals surface area contributed by atoms with Gasteiger partial charge in [-0.2, -0.15) is 5.06 Å². The van der Waals surface area contributed by atoms with E-state index in [4.69, 9.17) is 0 Å². The van der Waals surface area contributed by atoms with Gasteiger partial charge in [-0.1, -0.05) is 105 Å². The van der Waals surface area contributed by atoms with Gasteiger partial charge in [0.25, 0.3) is 5.91 Å². The molecule has 0 aliphatic rings. The lowest BCUT2D eigenvalue weighted by Gasteiger charge is -2.17. The van der Waals surface area contributed by atoms with E-state index in [1.165, 1.54) is 62.9 Å². The van der Waals surface area contributed by atoms with Crippen LogP contribution in [0.2, 0.25) is 0 Å². The third kappa shape index (κ3) is 11.3. The highest BCUT2D eigenvalue weighted by Crippen LogP contribution is 2.22. The van der Waals surface area contributed by atoms with Crippen LogP contribution in [-0.4, -0.2) is 22.7 Å². The van der Waals surface area contributed by atoms with E-state index in [0.717, 1.165) is 32.1 Å². The zero-order valence-corrected chi connectivity index (χ0v) is 23.5. The number of carbonyl (C=O) groups excluding carboxylic acids is 1. The molecule has 1 amide bonds. The lowest BCUT2D eigenvalue weighted by atomic mass is 10.1. The first-order chi connectivity index (χ1) is 16.0. The van der Waals surface area contributed by atoms with Crippen LogP contribution in [-0.2, 0) is 13.1 Å². The van der Waals surface area contributed by atoms with Crippen molar-refractivity contribution in [3.05, 3.63) is 67.2 Å². The number of hydroxylamine groups is 2. The third-order valence-corrected chi connectivity index (χ3v) is 7.59. The van der Waals surface area contributed by atoms with E-state index in [2.05, 4.69) is 50.8 Å². The maximum absolute atomic E-state index is 12.5. The Labute approximate surface area is 221 Å². The summed E-state index contributed by atoms with van der Waals surface area (Å²) >= 11 is 5.84. The van der Waals surface area contributed by atoms with Gasteiger partial charge in [0, 0.05) is 20.2 Å². The fourth-order valence-corrected chi connectivity index (χ4v) is 4.87. The number of nitrogens with one attached hydrogen (secondary N) is 1. The summed E-state index contributed by atoms with van der Waals surface area (Å²) in [6.45, 7) is 3.80. The van der Waals surface area contributed by atoms with Crippen LogP contribution in [0, 0.1) is 3.57 Å². The topological polar surface area (TPSA) is 52.6 Å². The number of unbranched alkanes of at least 4 members (excludes halogenated alkanes) is 9. The number of benzene rings is 2. The van der Waals surface area contributed by atoms with Crippen LogP contribution in [0.15, 0.2) is 46.9 Å². The molecule has 2 N–H and O–H groups in total. The second-order valence-electron chi connectivity index (χ2n) is 8.66. The van der Waals surface area contributed by atoms with Gasteiger partial charge in [0.1, 0.15) is 0 Å². The highest BCUT2D eigenvalue weighted by molar-refractivity contribution is 14.1. The van der Waals surface area contributed by atoms with E-state index in [-0.39, 0.29) is 5.91 Å². The Morgan fingerprint density at radius 3 is 2.15 bits per heavy atom. The molecule has 0 spiro atoms. The van der Waals surface area contributed by atoms with Crippen molar-refractivity contribution in [3.63, 3.8) is 0 Å². The molecule has 0 saturated heterocycles. The van der Waals surface area contributed by atoms with Crippen molar-refractivity contribution < 1.29 is 10.0 Å². The van der Waals surface area contributed by atoms with E-state index in [1.807, 2.05) is 42.5 Å². The molecule has 2 rings (SSSR count). The number of amides is 1. The lowest BCUT2D eigenvalue weighted by Crippen LogP contribution is -2.24. The summed E-state index contributed by atoms with van der Waals surface area (Å²) in [5.41, 5.74) is 2.66. The fourth-order valence-electron chi connectivity index (χ4n) is 3.81. The molecule has 0 bridgehead atoms. The molecule has 0 atom stereocenters. The summed E-state index contributed by atoms with van der Waals surface area (Å²) in [5, 5.41) is 14.7. The summed E-state index contributed by atoms with van der Waals surface area (Å²) in [4.78, 5) is 12.5. The molecule has 0 fully saturated rings. The monoisotopic (exact) mass is 628 g/mol. The molecule has 4 nitrogen and oxygen atoms in total. The molecular weight excluding hydrogens is 591 g/mol. The van der Waals surface area contributed by atoms with Gasteiger partial charge in [0.15, 0.2) is 0 Å². The van der Waals surface area contributed by atoms with Crippen LogP contribution < -0.4 is 5.32 Å². The molecule has 0 aromatic heterocycles. The molecule has 0 aliphatic carbocycles. The maximum atomic E-state index is 12.5. The molecule has 0 unspecified atom stereocenters. The Kier molecular flexibility index (Phi) is 14.3. The molecular formula is C27H38BrIN2O2. The molecule has 0 saturated carbocycles. The van der Waals surface area contributed by atoms with Crippen molar-refractivity contribution in [1.29, 1.82) is 0 Å². The van der Waals surface area contributed by atoms with E-state index in [9.17, 15) is 10.0 Å². The SMILES string of the molecule is CCCCCCCCCCCCNC(=O)c1ccc(CN(O)Cc2ccccc2I)c(Br)c1. The highest BCUT2D eigenvalue weighted by Gasteiger charge is 2.12. The average Bonchev–Trinajstić information content (AvgIpc) is 2.80. The van der Waals surface area contributed by atoms with Gasteiger partial charge in [0.05, 0.1) is 13.1 Å². The van der Waals surface area contributed by atoms with Gasteiger partial charge >= 0.3 is 0 Å². The van der Waals surface area contributed by atoms with E-state index in [1.54, 1.807) is 0 Å². The maximum Gasteiger partial charge on any atom is 0.251 e. The molecule has 2 aromatic carbocycles. The van der Waals surface area contributed by atoms with Crippen molar-refractivity contribution in [1.82, 2.24) is 10.4 Å². The van der Waals surface area contributed by atoms with Crippen LogP contribution in [0.3, 0.4) is 0 Å². The zero-order chi connectivity index (χ0) is 23.9. The van der Waals surface area contributed by atoms with Crippen LogP contribution >= 0.6 is 38.5 Å². The molecule has 6 heteroatoms. The van der Waals surface area contributed by atoms with Gasteiger partial charge in [-0.05, 0) is 58.3 Å². The van der Waals surface area contributed by atoms with E-state index < -0.39 is 0 Å². The van der Waals surface area contributed by atoms with Crippen molar-refractivity contribution >= 4 is 44.4 Å². The minimum absolute atomic E-state index is 0.0436.